The lowest BCUT2D eigenvalue weighted by Gasteiger charge is -2.26. The maximum absolute atomic E-state index is 12.4. The van der Waals surface area contributed by atoms with E-state index in [-0.39, 0.29) is 30.7 Å². The molecule has 0 aliphatic carbocycles. The van der Waals surface area contributed by atoms with Crippen LogP contribution < -0.4 is 10.2 Å². The lowest BCUT2D eigenvalue weighted by molar-refractivity contribution is -0.137. The van der Waals surface area contributed by atoms with Crippen molar-refractivity contribution in [3.05, 3.63) is 35.5 Å². The zero-order valence-electron chi connectivity index (χ0n) is 14.6. The van der Waals surface area contributed by atoms with Crippen LogP contribution in [0.2, 0.25) is 0 Å². The molecule has 1 aromatic carbocycles. The summed E-state index contributed by atoms with van der Waals surface area (Å²) in [6.45, 7) is 3.79. The van der Waals surface area contributed by atoms with Gasteiger partial charge in [0.15, 0.2) is 0 Å². The van der Waals surface area contributed by atoms with Crippen LogP contribution in [0.25, 0.3) is 0 Å². The van der Waals surface area contributed by atoms with E-state index in [9.17, 15) is 9.59 Å². The van der Waals surface area contributed by atoms with E-state index < -0.39 is 0 Å². The average Bonchev–Trinajstić information content (AvgIpc) is 2.79. The molecule has 1 aromatic rings. The number of anilines is 2. The number of rotatable bonds is 5. The maximum Gasteiger partial charge on any atom is 0.277 e. The molecular weight excluding hydrogens is 318 g/mol. The van der Waals surface area contributed by atoms with Gasteiger partial charge in [-0.25, -0.2) is 0 Å². The molecule has 2 amide bonds. The zero-order valence-corrected chi connectivity index (χ0v) is 14.6. The summed E-state index contributed by atoms with van der Waals surface area (Å²) in [6.07, 6.45) is 6.14. The predicted octanol–water partition coefficient (Wildman–Crippen LogP) is 2.03. The molecule has 134 valence electrons. The van der Waals surface area contributed by atoms with Crippen molar-refractivity contribution >= 4 is 23.2 Å². The van der Waals surface area contributed by atoms with Crippen LogP contribution in [-0.4, -0.2) is 48.1 Å². The van der Waals surface area contributed by atoms with E-state index in [1.54, 1.807) is 0 Å². The fourth-order valence-corrected chi connectivity index (χ4v) is 3.39. The third-order valence-corrected chi connectivity index (χ3v) is 4.70. The van der Waals surface area contributed by atoms with Crippen molar-refractivity contribution in [2.24, 2.45) is 0 Å². The van der Waals surface area contributed by atoms with E-state index in [1.165, 1.54) is 18.9 Å². The first-order valence-electron chi connectivity index (χ1n) is 8.91. The molecule has 0 spiro atoms. The van der Waals surface area contributed by atoms with Crippen molar-refractivity contribution in [1.29, 1.82) is 0 Å². The van der Waals surface area contributed by atoms with Gasteiger partial charge in [-0.15, -0.1) is 0 Å². The highest BCUT2D eigenvalue weighted by Crippen LogP contribution is 2.31. The second-order valence-electron chi connectivity index (χ2n) is 6.62. The molecule has 0 aromatic heterocycles. The highest BCUT2D eigenvalue weighted by atomic mass is 16.3. The third kappa shape index (κ3) is 3.85. The van der Waals surface area contributed by atoms with E-state index in [0.29, 0.717) is 0 Å². The number of carbonyl (C=O) groups is 2. The van der Waals surface area contributed by atoms with Crippen molar-refractivity contribution in [2.75, 3.05) is 36.5 Å². The number of hydrogen-bond donors (Lipinski definition) is 2. The summed E-state index contributed by atoms with van der Waals surface area (Å²) < 4.78 is 0. The molecule has 3 rings (SSSR count). The summed E-state index contributed by atoms with van der Waals surface area (Å²) in [6, 6.07) is 6.16. The minimum absolute atomic E-state index is 0.0200. The molecule has 0 bridgehead atoms. The minimum Gasteiger partial charge on any atom is -0.395 e. The second-order valence-corrected chi connectivity index (χ2v) is 6.62. The molecule has 2 aliphatic rings. The first-order valence-corrected chi connectivity index (χ1v) is 8.91. The van der Waals surface area contributed by atoms with Crippen molar-refractivity contribution in [1.82, 2.24) is 4.90 Å². The SMILES string of the molecule is Cc1ccc(N2CCCCCC2)c(NC2=CC(=O)N(CCO)C2=O)c1. The Balaban J connectivity index is 1.85. The molecule has 0 radical (unpaired) electrons. The largest absolute Gasteiger partial charge is 0.395 e. The molecule has 2 heterocycles. The fourth-order valence-electron chi connectivity index (χ4n) is 3.39. The summed E-state index contributed by atoms with van der Waals surface area (Å²) in [4.78, 5) is 27.7. The van der Waals surface area contributed by atoms with Crippen LogP contribution in [0.1, 0.15) is 31.2 Å². The number of aryl methyl sites for hydroxylation is 1. The Labute approximate surface area is 148 Å². The third-order valence-electron chi connectivity index (χ3n) is 4.70. The Morgan fingerprint density at radius 1 is 1.12 bits per heavy atom. The first kappa shape index (κ1) is 17.5. The van der Waals surface area contributed by atoms with Gasteiger partial charge in [-0.3, -0.25) is 14.5 Å². The van der Waals surface area contributed by atoms with E-state index in [0.717, 1.165) is 47.8 Å². The van der Waals surface area contributed by atoms with E-state index >= 15 is 0 Å². The number of nitrogens with one attached hydrogen (secondary N) is 1. The van der Waals surface area contributed by atoms with Crippen molar-refractivity contribution in [3.8, 4) is 0 Å². The molecule has 1 saturated heterocycles. The number of aliphatic hydroxyl groups is 1. The Morgan fingerprint density at radius 3 is 2.52 bits per heavy atom. The van der Waals surface area contributed by atoms with Crippen LogP contribution in [-0.2, 0) is 9.59 Å². The molecule has 0 unspecified atom stereocenters. The van der Waals surface area contributed by atoms with Crippen LogP contribution in [0.15, 0.2) is 30.0 Å². The monoisotopic (exact) mass is 343 g/mol. The van der Waals surface area contributed by atoms with Gasteiger partial charge in [-0.05, 0) is 37.5 Å². The highest BCUT2D eigenvalue weighted by Gasteiger charge is 2.31. The standard InChI is InChI=1S/C19H25N3O3/c1-14-6-7-17(21-8-4-2-3-5-9-21)15(12-14)20-16-13-18(24)22(10-11-23)19(16)25/h6-7,12-13,20,23H,2-5,8-11H2,1H3. The number of aliphatic hydroxyl groups excluding tert-OH is 1. The quantitative estimate of drug-likeness (QED) is 0.801. The number of β-amino-alcohol motifs (C(OH)–C–C–N with tert-alkyl or cyclic N) is 1. The van der Waals surface area contributed by atoms with Crippen LogP contribution >= 0.6 is 0 Å². The molecule has 1 fully saturated rings. The lowest BCUT2D eigenvalue weighted by atomic mass is 10.1. The van der Waals surface area contributed by atoms with Crippen molar-refractivity contribution in [2.45, 2.75) is 32.6 Å². The lowest BCUT2D eigenvalue weighted by Crippen LogP contribution is -2.34. The minimum atomic E-state index is -0.387. The summed E-state index contributed by atoms with van der Waals surface area (Å²) >= 11 is 0. The van der Waals surface area contributed by atoms with E-state index in [4.69, 9.17) is 5.11 Å². The Morgan fingerprint density at radius 2 is 1.84 bits per heavy atom. The van der Waals surface area contributed by atoms with Gasteiger partial charge in [0.05, 0.1) is 24.5 Å². The van der Waals surface area contributed by atoms with Gasteiger partial charge in [-0.1, -0.05) is 18.9 Å². The average molecular weight is 343 g/mol. The van der Waals surface area contributed by atoms with Gasteiger partial charge < -0.3 is 15.3 Å². The number of hydrogen-bond acceptors (Lipinski definition) is 5. The summed E-state index contributed by atoms with van der Waals surface area (Å²) in [5, 5.41) is 12.2. The summed E-state index contributed by atoms with van der Waals surface area (Å²) in [5.74, 6) is -0.770. The van der Waals surface area contributed by atoms with Gasteiger partial charge in [0.25, 0.3) is 11.8 Å². The van der Waals surface area contributed by atoms with Crippen molar-refractivity contribution < 1.29 is 14.7 Å². The second kappa shape index (κ2) is 7.70. The van der Waals surface area contributed by atoms with Crippen molar-refractivity contribution in [3.63, 3.8) is 0 Å². The molecule has 6 nitrogen and oxygen atoms in total. The van der Waals surface area contributed by atoms with E-state index in [2.05, 4.69) is 22.3 Å². The first-order chi connectivity index (χ1) is 12.1. The molecule has 2 N–H and O–H groups in total. The maximum atomic E-state index is 12.4. The number of amides is 2. The number of nitrogens with zero attached hydrogens (tertiary/aromatic N) is 2. The van der Waals surface area contributed by atoms with E-state index in [1.807, 2.05) is 13.0 Å². The van der Waals surface area contributed by atoms with Crippen LogP contribution in [0, 0.1) is 6.92 Å². The molecule has 0 atom stereocenters. The van der Waals surface area contributed by atoms with Gasteiger partial charge in [0.1, 0.15) is 5.70 Å². The number of benzene rings is 1. The Bertz CT molecular complexity index is 691. The highest BCUT2D eigenvalue weighted by molar-refractivity contribution is 6.17. The molecule has 6 heteroatoms. The molecular formula is C19H25N3O3. The topological polar surface area (TPSA) is 72.9 Å². The molecule has 25 heavy (non-hydrogen) atoms. The van der Waals surface area contributed by atoms with Crippen LogP contribution in [0.4, 0.5) is 11.4 Å². The van der Waals surface area contributed by atoms with Crippen LogP contribution in [0.5, 0.6) is 0 Å². The van der Waals surface area contributed by atoms with Crippen LogP contribution in [0.3, 0.4) is 0 Å². The summed E-state index contributed by atoms with van der Waals surface area (Å²) in [7, 11) is 0. The van der Waals surface area contributed by atoms with Gasteiger partial charge in [-0.2, -0.15) is 0 Å². The summed E-state index contributed by atoms with van der Waals surface area (Å²) in [5.41, 5.74) is 3.26. The molecule has 2 aliphatic heterocycles. The normalized spacial score (nSPS) is 18.4. The smallest absolute Gasteiger partial charge is 0.277 e. The number of imide groups is 1. The van der Waals surface area contributed by atoms with Gasteiger partial charge in [0, 0.05) is 19.2 Å². The Kier molecular flexibility index (Phi) is 5.38. The molecule has 0 saturated carbocycles. The fraction of sp³-hybridized carbons (Fsp3) is 0.474. The Hall–Kier alpha value is -2.34. The van der Waals surface area contributed by atoms with Gasteiger partial charge >= 0.3 is 0 Å². The predicted molar refractivity (Wildman–Crippen MR) is 97.4 cm³/mol. The van der Waals surface area contributed by atoms with Gasteiger partial charge in [0.2, 0.25) is 0 Å². The number of carbonyl (C=O) groups excluding carboxylic acids is 2. The zero-order chi connectivity index (χ0) is 17.8.